The molecule has 9 heteroatoms. The molecule has 0 unspecified atom stereocenters. The average molecular weight is 646 g/mol. The third kappa shape index (κ3) is 8.19. The summed E-state index contributed by atoms with van der Waals surface area (Å²) >= 11 is 0. The number of ether oxygens (including phenoxy) is 4. The van der Waals surface area contributed by atoms with Gasteiger partial charge in [0, 0.05) is 0 Å². The van der Waals surface area contributed by atoms with Crippen LogP contribution in [0.1, 0.15) is 49.9 Å². The molecule has 8 nitrogen and oxygen atoms in total. The minimum absolute atomic E-state index is 0.0183. The Labute approximate surface area is 274 Å². The van der Waals surface area contributed by atoms with E-state index >= 15 is 0 Å². The number of hydrogen-bond donors (Lipinski definition) is 0. The van der Waals surface area contributed by atoms with Crippen LogP contribution in [0.3, 0.4) is 0 Å². The molecule has 4 rings (SSSR count). The Bertz CT molecular complexity index is 1420. The van der Waals surface area contributed by atoms with Crippen molar-refractivity contribution in [2.75, 3.05) is 27.4 Å². The number of likely N-dealkylation sites (tertiary alicyclic amines) is 1. The molecule has 0 saturated carbocycles. The maximum atomic E-state index is 14.1. The molecule has 1 fully saturated rings. The summed E-state index contributed by atoms with van der Waals surface area (Å²) in [7, 11) is 1.16. The first-order valence-corrected chi connectivity index (χ1v) is 18.5. The predicted octanol–water partition coefficient (Wildman–Crippen LogP) is 7.94. The third-order valence-electron chi connectivity index (χ3n) is 9.08. The maximum absolute atomic E-state index is 14.1. The standard InChI is InChI=1S/C37H47NO7Si/c1-26(24-45-46(7,8)37(2,3)4)33-32(22-23-43-36(40)44-25-27-12-10-9-11-13-27)35(39)38(33)34(28-14-18-30(41-5)19-15-28)29-16-20-31(42-6)21-17-29/h9-21,32-34H,1,22-25H2,2-8H3/t32-,33+/m0/s1. The van der Waals surface area contributed by atoms with Gasteiger partial charge in [-0.1, -0.05) is 81.9 Å². The Morgan fingerprint density at radius 2 is 1.41 bits per heavy atom. The zero-order valence-corrected chi connectivity index (χ0v) is 29.1. The van der Waals surface area contributed by atoms with E-state index in [2.05, 4.69) is 40.4 Å². The van der Waals surface area contributed by atoms with Crippen LogP contribution in [0.5, 0.6) is 11.5 Å². The number of β-lactam (4-membered cyclic amide) rings is 1. The highest BCUT2D eigenvalue weighted by Crippen LogP contribution is 2.45. The molecular formula is C37H47NO7Si. The molecule has 46 heavy (non-hydrogen) atoms. The van der Waals surface area contributed by atoms with Crippen LogP contribution in [-0.4, -0.2) is 58.8 Å². The molecule has 3 aromatic rings. The van der Waals surface area contributed by atoms with Crippen molar-refractivity contribution in [1.82, 2.24) is 4.90 Å². The molecule has 246 valence electrons. The van der Waals surface area contributed by atoms with Crippen molar-refractivity contribution in [2.45, 2.75) is 64.0 Å². The third-order valence-corrected chi connectivity index (χ3v) is 13.6. The van der Waals surface area contributed by atoms with Gasteiger partial charge >= 0.3 is 6.16 Å². The van der Waals surface area contributed by atoms with Crippen molar-refractivity contribution >= 4 is 20.4 Å². The first-order valence-electron chi connectivity index (χ1n) is 15.6. The fraction of sp³-hybridized carbons (Fsp3) is 0.405. The van der Waals surface area contributed by atoms with Gasteiger partial charge in [0.15, 0.2) is 8.32 Å². The molecular weight excluding hydrogens is 598 g/mol. The minimum Gasteiger partial charge on any atom is -0.497 e. The SMILES string of the molecule is C=C(CO[Si](C)(C)C(C)(C)C)[C@@H]1[C@H](CCOC(=O)OCc2ccccc2)C(=O)N1C(c1ccc(OC)cc1)c1ccc(OC)cc1. The second-order valence-electron chi connectivity index (χ2n) is 13.1. The van der Waals surface area contributed by atoms with Gasteiger partial charge in [-0.25, -0.2) is 4.79 Å². The van der Waals surface area contributed by atoms with Crippen molar-refractivity contribution in [2.24, 2.45) is 5.92 Å². The smallest absolute Gasteiger partial charge is 0.497 e. The number of benzene rings is 3. The van der Waals surface area contributed by atoms with Gasteiger partial charge in [0.2, 0.25) is 5.91 Å². The lowest BCUT2D eigenvalue weighted by Crippen LogP contribution is -2.63. The van der Waals surface area contributed by atoms with Gasteiger partial charge in [-0.3, -0.25) is 4.79 Å². The Hall–Kier alpha value is -4.08. The van der Waals surface area contributed by atoms with Crippen LogP contribution in [0.15, 0.2) is 91.0 Å². The van der Waals surface area contributed by atoms with E-state index in [4.69, 9.17) is 23.4 Å². The topological polar surface area (TPSA) is 83.5 Å². The molecule has 0 aromatic heterocycles. The summed E-state index contributed by atoms with van der Waals surface area (Å²) in [6, 6.07) is 24.2. The van der Waals surface area contributed by atoms with E-state index < -0.39 is 26.4 Å². The Morgan fingerprint density at radius 1 is 0.870 bits per heavy atom. The van der Waals surface area contributed by atoms with E-state index in [0.29, 0.717) is 13.0 Å². The van der Waals surface area contributed by atoms with Gasteiger partial charge in [0.05, 0.1) is 45.4 Å². The van der Waals surface area contributed by atoms with Crippen LogP contribution in [0.4, 0.5) is 4.79 Å². The van der Waals surface area contributed by atoms with E-state index in [-0.39, 0.29) is 30.2 Å². The van der Waals surface area contributed by atoms with Gasteiger partial charge in [-0.15, -0.1) is 0 Å². The zero-order chi connectivity index (χ0) is 33.5. The van der Waals surface area contributed by atoms with Crippen LogP contribution in [-0.2, 0) is 25.3 Å². The summed E-state index contributed by atoms with van der Waals surface area (Å²) in [4.78, 5) is 28.3. The zero-order valence-electron chi connectivity index (χ0n) is 28.1. The molecule has 1 amide bonds. The average Bonchev–Trinajstić information content (AvgIpc) is 3.05. The fourth-order valence-corrected chi connectivity index (χ4v) is 6.29. The number of hydrogen-bond acceptors (Lipinski definition) is 7. The number of rotatable bonds is 14. The largest absolute Gasteiger partial charge is 0.508 e. The maximum Gasteiger partial charge on any atom is 0.508 e. The molecule has 2 atom stereocenters. The molecule has 0 spiro atoms. The molecule has 1 aliphatic rings. The normalized spacial score (nSPS) is 16.5. The Kier molecular flexibility index (Phi) is 11.3. The lowest BCUT2D eigenvalue weighted by Gasteiger charge is -2.52. The summed E-state index contributed by atoms with van der Waals surface area (Å²) in [6.07, 6.45) is -0.434. The van der Waals surface area contributed by atoms with Crippen LogP contribution < -0.4 is 9.47 Å². The monoisotopic (exact) mass is 645 g/mol. The van der Waals surface area contributed by atoms with Crippen molar-refractivity contribution in [3.63, 3.8) is 0 Å². The summed E-state index contributed by atoms with van der Waals surface area (Å²) in [5, 5.41) is 0.0183. The summed E-state index contributed by atoms with van der Waals surface area (Å²) in [5.41, 5.74) is 3.54. The first-order chi connectivity index (χ1) is 21.9. The summed E-state index contributed by atoms with van der Waals surface area (Å²) < 4.78 is 28.1. The highest BCUT2D eigenvalue weighted by molar-refractivity contribution is 6.74. The molecule has 0 aliphatic carbocycles. The first kappa shape index (κ1) is 34.8. The second-order valence-corrected chi connectivity index (χ2v) is 17.9. The second kappa shape index (κ2) is 15.0. The van der Waals surface area contributed by atoms with Gasteiger partial charge in [0.1, 0.15) is 18.1 Å². The van der Waals surface area contributed by atoms with Gasteiger partial charge in [-0.2, -0.15) is 0 Å². The van der Waals surface area contributed by atoms with Crippen LogP contribution >= 0.6 is 0 Å². The molecule has 3 aromatic carbocycles. The van der Waals surface area contributed by atoms with Crippen molar-refractivity contribution < 1.29 is 33.0 Å². The van der Waals surface area contributed by atoms with Gasteiger partial charge in [-0.05, 0) is 71.1 Å². The van der Waals surface area contributed by atoms with E-state index in [1.807, 2.05) is 83.8 Å². The van der Waals surface area contributed by atoms with Crippen LogP contribution in [0, 0.1) is 5.92 Å². The minimum atomic E-state index is -2.09. The van der Waals surface area contributed by atoms with E-state index in [1.54, 1.807) is 14.2 Å². The highest BCUT2D eigenvalue weighted by Gasteiger charge is 2.52. The van der Waals surface area contributed by atoms with Crippen LogP contribution in [0.25, 0.3) is 0 Å². The lowest BCUT2D eigenvalue weighted by molar-refractivity contribution is -0.158. The number of carbonyl (C=O) groups excluding carboxylic acids is 2. The van der Waals surface area contributed by atoms with Crippen molar-refractivity contribution in [3.8, 4) is 11.5 Å². The van der Waals surface area contributed by atoms with Gasteiger partial charge < -0.3 is 28.3 Å². The van der Waals surface area contributed by atoms with E-state index in [1.165, 1.54) is 0 Å². The number of nitrogens with zero attached hydrogens (tertiary/aromatic N) is 1. The van der Waals surface area contributed by atoms with Crippen LogP contribution in [0.2, 0.25) is 18.1 Å². The quantitative estimate of drug-likeness (QED) is 0.0762. The lowest BCUT2D eigenvalue weighted by atomic mass is 9.77. The van der Waals surface area contributed by atoms with Crippen molar-refractivity contribution in [3.05, 3.63) is 108 Å². The molecule has 1 aliphatic heterocycles. The highest BCUT2D eigenvalue weighted by atomic mass is 28.4. The summed E-state index contributed by atoms with van der Waals surface area (Å²) in [6.45, 7) is 15.9. The molecule has 0 radical (unpaired) electrons. The molecule has 0 N–H and O–H groups in total. The Balaban J connectivity index is 1.58. The van der Waals surface area contributed by atoms with Crippen molar-refractivity contribution in [1.29, 1.82) is 0 Å². The number of amides is 1. The Morgan fingerprint density at radius 3 is 1.91 bits per heavy atom. The molecule has 1 heterocycles. The van der Waals surface area contributed by atoms with Gasteiger partial charge in [0.25, 0.3) is 0 Å². The van der Waals surface area contributed by atoms with E-state index in [9.17, 15) is 9.59 Å². The van der Waals surface area contributed by atoms with E-state index in [0.717, 1.165) is 33.8 Å². The predicted molar refractivity (Wildman–Crippen MR) is 181 cm³/mol. The molecule has 1 saturated heterocycles. The number of carbonyl (C=O) groups is 2. The number of methoxy groups -OCH3 is 2. The fourth-order valence-electron chi connectivity index (χ4n) is 5.31. The molecule has 0 bridgehead atoms. The summed E-state index contributed by atoms with van der Waals surface area (Å²) in [5.74, 6) is 0.975.